The Hall–Kier alpha value is -1.26. The summed E-state index contributed by atoms with van der Waals surface area (Å²) in [7, 11) is 0. The Morgan fingerprint density at radius 2 is 1.77 bits per heavy atom. The molecule has 0 aromatic heterocycles. The molecular formula is C17H29NO4. The second-order valence-electron chi connectivity index (χ2n) is 8.36. The van der Waals surface area contributed by atoms with Crippen molar-refractivity contribution in [1.29, 1.82) is 0 Å². The van der Waals surface area contributed by atoms with Crippen LogP contribution in [0.1, 0.15) is 72.6 Å². The van der Waals surface area contributed by atoms with E-state index in [0.717, 1.165) is 32.1 Å². The molecule has 0 aromatic carbocycles. The number of carboxylic acid groups (broad SMARTS) is 1. The lowest BCUT2D eigenvalue weighted by Gasteiger charge is -2.34. The van der Waals surface area contributed by atoms with Gasteiger partial charge in [0.2, 0.25) is 0 Å². The fraction of sp³-hybridized carbons (Fsp3) is 0.882. The Balaban J connectivity index is 2.13. The molecule has 0 bridgehead atoms. The van der Waals surface area contributed by atoms with E-state index in [-0.39, 0.29) is 11.5 Å². The lowest BCUT2D eigenvalue weighted by Crippen LogP contribution is -2.48. The maximum absolute atomic E-state index is 12.1. The monoisotopic (exact) mass is 311 g/mol. The van der Waals surface area contributed by atoms with Gasteiger partial charge in [-0.3, -0.25) is 4.79 Å². The molecule has 126 valence electrons. The Morgan fingerprint density at radius 1 is 1.18 bits per heavy atom. The average Bonchev–Trinajstić information content (AvgIpc) is 2.61. The molecule has 1 amide bonds. The van der Waals surface area contributed by atoms with E-state index < -0.39 is 23.1 Å². The Kier molecular flexibility index (Phi) is 4.46. The second-order valence-corrected chi connectivity index (χ2v) is 8.36. The van der Waals surface area contributed by atoms with E-state index in [2.05, 4.69) is 5.32 Å². The lowest BCUT2D eigenvalue weighted by atomic mass is 9.71. The van der Waals surface area contributed by atoms with Crippen LogP contribution in [-0.4, -0.2) is 28.8 Å². The molecule has 2 saturated carbocycles. The summed E-state index contributed by atoms with van der Waals surface area (Å²) in [5.41, 5.74) is -1.41. The Labute approximate surface area is 132 Å². The van der Waals surface area contributed by atoms with Crippen molar-refractivity contribution in [2.45, 2.75) is 84.3 Å². The van der Waals surface area contributed by atoms with Crippen LogP contribution in [0.3, 0.4) is 0 Å². The van der Waals surface area contributed by atoms with Crippen LogP contribution >= 0.6 is 0 Å². The first-order valence-electron chi connectivity index (χ1n) is 8.29. The van der Waals surface area contributed by atoms with Crippen LogP contribution in [0.4, 0.5) is 4.79 Å². The van der Waals surface area contributed by atoms with Crippen molar-refractivity contribution in [3.63, 3.8) is 0 Å². The predicted octanol–water partition coefficient (Wildman–Crippen LogP) is 3.71. The molecule has 0 heterocycles. The second kappa shape index (κ2) is 5.74. The quantitative estimate of drug-likeness (QED) is 0.815. The van der Waals surface area contributed by atoms with Gasteiger partial charge in [0.25, 0.3) is 0 Å². The number of ether oxygens (including phenoxy) is 1. The van der Waals surface area contributed by atoms with Gasteiger partial charge in [-0.25, -0.2) is 4.79 Å². The average molecular weight is 311 g/mol. The fourth-order valence-corrected chi connectivity index (χ4v) is 4.20. The van der Waals surface area contributed by atoms with Gasteiger partial charge in [0.05, 0.1) is 5.41 Å². The number of carboxylic acids is 1. The van der Waals surface area contributed by atoms with Crippen molar-refractivity contribution in [3.05, 3.63) is 0 Å². The first-order chi connectivity index (χ1) is 10.1. The molecule has 2 atom stereocenters. The largest absolute Gasteiger partial charge is 0.481 e. The molecule has 2 rings (SSSR count). The number of hydrogen-bond donors (Lipinski definition) is 2. The zero-order valence-corrected chi connectivity index (χ0v) is 14.2. The number of carbonyl (C=O) groups is 2. The van der Waals surface area contributed by atoms with Crippen LogP contribution in [0.5, 0.6) is 0 Å². The molecule has 0 aliphatic heterocycles. The highest BCUT2D eigenvalue weighted by molar-refractivity contribution is 5.78. The third-order valence-corrected chi connectivity index (χ3v) is 5.24. The SMILES string of the molecule is CC(C)(C)OC(=O)NC1CC2(CCCCC2)CC1(C)C(=O)O. The molecule has 0 aromatic rings. The molecule has 1 spiro atoms. The van der Waals surface area contributed by atoms with E-state index in [1.165, 1.54) is 6.42 Å². The van der Waals surface area contributed by atoms with Crippen molar-refractivity contribution in [2.75, 3.05) is 0 Å². The molecule has 2 fully saturated rings. The van der Waals surface area contributed by atoms with Gasteiger partial charge in [0.15, 0.2) is 0 Å². The van der Waals surface area contributed by atoms with Crippen LogP contribution in [0.2, 0.25) is 0 Å². The lowest BCUT2D eigenvalue weighted by molar-refractivity contribution is -0.149. The van der Waals surface area contributed by atoms with Gasteiger partial charge in [-0.1, -0.05) is 19.3 Å². The van der Waals surface area contributed by atoms with Crippen LogP contribution in [0, 0.1) is 10.8 Å². The molecule has 2 aliphatic rings. The number of amides is 1. The minimum Gasteiger partial charge on any atom is -0.481 e. The molecule has 0 radical (unpaired) electrons. The highest BCUT2D eigenvalue weighted by Crippen LogP contribution is 2.56. The van der Waals surface area contributed by atoms with E-state index in [9.17, 15) is 14.7 Å². The van der Waals surface area contributed by atoms with Gasteiger partial charge in [-0.05, 0) is 58.8 Å². The molecule has 5 heteroatoms. The summed E-state index contributed by atoms with van der Waals surface area (Å²) in [6.45, 7) is 7.18. The number of rotatable bonds is 2. The molecular weight excluding hydrogens is 282 g/mol. The molecule has 2 aliphatic carbocycles. The zero-order valence-electron chi connectivity index (χ0n) is 14.2. The summed E-state index contributed by atoms with van der Waals surface area (Å²) in [6.07, 6.45) is 6.58. The van der Waals surface area contributed by atoms with E-state index >= 15 is 0 Å². The van der Waals surface area contributed by atoms with Crippen molar-refractivity contribution < 1.29 is 19.4 Å². The number of carbonyl (C=O) groups excluding carboxylic acids is 1. The standard InChI is InChI=1S/C17H29NO4/c1-15(2,3)22-14(21)18-12-10-17(8-6-5-7-9-17)11-16(12,4)13(19)20/h12H,5-11H2,1-4H3,(H,18,21)(H,19,20). The minimum atomic E-state index is -0.908. The van der Waals surface area contributed by atoms with Gasteiger partial charge in [-0.15, -0.1) is 0 Å². The predicted molar refractivity (Wildman–Crippen MR) is 83.7 cm³/mol. The summed E-state index contributed by atoms with van der Waals surface area (Å²) in [6, 6.07) is -0.363. The van der Waals surface area contributed by atoms with Gasteiger partial charge in [0, 0.05) is 6.04 Å². The normalized spacial score (nSPS) is 31.0. The van der Waals surface area contributed by atoms with Crippen molar-refractivity contribution in [2.24, 2.45) is 10.8 Å². The number of hydrogen-bond acceptors (Lipinski definition) is 3. The number of nitrogens with one attached hydrogen (secondary N) is 1. The van der Waals surface area contributed by atoms with Gasteiger partial charge in [-0.2, -0.15) is 0 Å². The summed E-state index contributed by atoms with van der Waals surface area (Å²) in [5, 5.41) is 12.5. The van der Waals surface area contributed by atoms with Crippen LogP contribution in [-0.2, 0) is 9.53 Å². The van der Waals surface area contributed by atoms with Crippen LogP contribution in [0.25, 0.3) is 0 Å². The Morgan fingerprint density at radius 3 is 2.27 bits per heavy atom. The van der Waals surface area contributed by atoms with E-state index in [0.29, 0.717) is 6.42 Å². The van der Waals surface area contributed by atoms with Gasteiger partial charge >= 0.3 is 12.1 Å². The third kappa shape index (κ3) is 3.55. The van der Waals surface area contributed by atoms with Crippen molar-refractivity contribution >= 4 is 12.1 Å². The van der Waals surface area contributed by atoms with Gasteiger partial charge < -0.3 is 15.2 Å². The summed E-state index contributed by atoms with van der Waals surface area (Å²) in [5.74, 6) is -0.823. The third-order valence-electron chi connectivity index (χ3n) is 5.24. The highest BCUT2D eigenvalue weighted by Gasteiger charge is 2.56. The van der Waals surface area contributed by atoms with Crippen LogP contribution < -0.4 is 5.32 Å². The maximum Gasteiger partial charge on any atom is 0.407 e. The maximum atomic E-state index is 12.1. The highest BCUT2D eigenvalue weighted by atomic mass is 16.6. The van der Waals surface area contributed by atoms with Gasteiger partial charge in [0.1, 0.15) is 5.60 Å². The zero-order chi connectivity index (χ0) is 16.6. The first-order valence-corrected chi connectivity index (χ1v) is 8.29. The molecule has 2 unspecified atom stereocenters. The molecule has 0 saturated heterocycles. The molecule has 5 nitrogen and oxygen atoms in total. The smallest absolute Gasteiger partial charge is 0.407 e. The first kappa shape index (κ1) is 17.1. The molecule has 22 heavy (non-hydrogen) atoms. The van der Waals surface area contributed by atoms with Crippen molar-refractivity contribution in [1.82, 2.24) is 5.32 Å². The number of aliphatic carboxylic acids is 1. The Bertz CT molecular complexity index is 448. The summed E-state index contributed by atoms with van der Waals surface area (Å²) in [4.78, 5) is 23.9. The fourth-order valence-electron chi connectivity index (χ4n) is 4.20. The van der Waals surface area contributed by atoms with E-state index in [4.69, 9.17) is 4.74 Å². The van der Waals surface area contributed by atoms with Crippen LogP contribution in [0.15, 0.2) is 0 Å². The molecule has 2 N–H and O–H groups in total. The summed E-state index contributed by atoms with van der Waals surface area (Å²) >= 11 is 0. The van der Waals surface area contributed by atoms with E-state index in [1.807, 2.05) is 0 Å². The minimum absolute atomic E-state index is 0.0745. The topological polar surface area (TPSA) is 75.6 Å². The summed E-state index contributed by atoms with van der Waals surface area (Å²) < 4.78 is 5.31. The number of alkyl carbamates (subject to hydrolysis) is 1. The van der Waals surface area contributed by atoms with E-state index in [1.54, 1.807) is 27.7 Å². The van der Waals surface area contributed by atoms with Crippen molar-refractivity contribution in [3.8, 4) is 0 Å².